The minimum absolute atomic E-state index is 0.239. The molecular weight excluding hydrogens is 427 g/mol. The Kier molecular flexibility index (Phi) is 7.18. The highest BCUT2D eigenvalue weighted by Crippen LogP contribution is 2.29. The summed E-state index contributed by atoms with van der Waals surface area (Å²) in [6.07, 6.45) is -0.840. The minimum atomic E-state index is -4.38. The first kappa shape index (κ1) is 23.1. The second kappa shape index (κ2) is 10.3. The normalized spacial score (nSPS) is 14.9. The quantitative estimate of drug-likeness (QED) is 0.468. The zero-order valence-corrected chi connectivity index (χ0v) is 18.4. The van der Waals surface area contributed by atoms with Crippen molar-refractivity contribution < 1.29 is 18.0 Å². The molecule has 0 aromatic heterocycles. The van der Waals surface area contributed by atoms with Crippen LogP contribution in [0.2, 0.25) is 0 Å². The third-order valence-electron chi connectivity index (χ3n) is 6.11. The van der Waals surface area contributed by atoms with E-state index in [-0.39, 0.29) is 12.6 Å². The van der Waals surface area contributed by atoms with Gasteiger partial charge in [0.05, 0.1) is 11.3 Å². The van der Waals surface area contributed by atoms with Gasteiger partial charge in [-0.05, 0) is 55.1 Å². The summed E-state index contributed by atoms with van der Waals surface area (Å²) < 4.78 is 38.8. The third-order valence-corrected chi connectivity index (χ3v) is 6.11. The van der Waals surface area contributed by atoms with Gasteiger partial charge < -0.3 is 15.1 Å². The molecule has 174 valence electrons. The lowest BCUT2D eigenvalue weighted by Crippen LogP contribution is -2.42. The van der Waals surface area contributed by atoms with E-state index in [0.717, 1.165) is 55.4 Å². The van der Waals surface area contributed by atoms with E-state index in [2.05, 4.69) is 10.2 Å². The second-order valence-electron chi connectivity index (χ2n) is 8.48. The lowest BCUT2D eigenvalue weighted by molar-refractivity contribution is -0.137. The molecule has 4 rings (SSSR count). The van der Waals surface area contributed by atoms with Crippen LogP contribution in [0.3, 0.4) is 0 Å². The average Bonchev–Trinajstić information content (AvgIpc) is 2.82. The molecular formula is C26H28F3N3O. The molecule has 1 fully saturated rings. The Hall–Kier alpha value is -3.06. The van der Waals surface area contributed by atoms with Crippen molar-refractivity contribution in [2.75, 3.05) is 31.5 Å². The van der Waals surface area contributed by atoms with Crippen molar-refractivity contribution in [1.29, 1.82) is 0 Å². The van der Waals surface area contributed by atoms with E-state index in [1.807, 2.05) is 42.5 Å². The highest BCUT2D eigenvalue weighted by molar-refractivity contribution is 6.01. The topological polar surface area (TPSA) is 35.6 Å². The van der Waals surface area contributed by atoms with Crippen LogP contribution in [0.1, 0.15) is 30.4 Å². The minimum Gasteiger partial charge on any atom is -0.319 e. The summed E-state index contributed by atoms with van der Waals surface area (Å²) in [6.45, 7) is 3.50. The fourth-order valence-corrected chi connectivity index (χ4v) is 4.25. The summed E-state index contributed by atoms with van der Waals surface area (Å²) in [7, 11) is 0. The first-order valence-electron chi connectivity index (χ1n) is 11.3. The molecule has 0 aliphatic carbocycles. The number of halogens is 3. The summed E-state index contributed by atoms with van der Waals surface area (Å²) in [5, 5.41) is 4.99. The molecule has 0 atom stereocenters. The van der Waals surface area contributed by atoms with Crippen molar-refractivity contribution in [3.8, 4) is 0 Å². The van der Waals surface area contributed by atoms with Gasteiger partial charge in [-0.2, -0.15) is 13.2 Å². The Balaban J connectivity index is 1.51. The molecule has 0 saturated carbocycles. The van der Waals surface area contributed by atoms with Gasteiger partial charge in [-0.3, -0.25) is 0 Å². The highest BCUT2D eigenvalue weighted by Gasteiger charge is 2.30. The summed E-state index contributed by atoms with van der Waals surface area (Å²) in [4.78, 5) is 17.3. The van der Waals surface area contributed by atoms with Gasteiger partial charge in [0.25, 0.3) is 0 Å². The standard InChI is InChI=1S/C26H28F3N3O/c27-26(28,29)22-13-11-20(12-14-22)19-32(18-17-31-15-4-1-5-16-31)25(33)30-24-10-6-8-21-7-2-3-9-23(21)24/h2-3,6-14H,1,4-5,15-19H2,(H,30,33). The molecule has 1 aliphatic heterocycles. The van der Waals surface area contributed by atoms with Crippen molar-refractivity contribution in [2.45, 2.75) is 32.0 Å². The maximum absolute atomic E-state index is 13.3. The molecule has 0 unspecified atom stereocenters. The largest absolute Gasteiger partial charge is 0.416 e. The summed E-state index contributed by atoms with van der Waals surface area (Å²) in [5.41, 5.74) is 0.689. The van der Waals surface area contributed by atoms with E-state index in [4.69, 9.17) is 0 Å². The van der Waals surface area contributed by atoms with Crippen molar-refractivity contribution in [1.82, 2.24) is 9.80 Å². The van der Waals surface area contributed by atoms with Gasteiger partial charge >= 0.3 is 12.2 Å². The SMILES string of the molecule is O=C(Nc1cccc2ccccc12)N(CCN1CCCCC1)Cc1ccc(C(F)(F)F)cc1. The fourth-order valence-electron chi connectivity index (χ4n) is 4.25. The molecule has 0 radical (unpaired) electrons. The summed E-state index contributed by atoms with van der Waals surface area (Å²) >= 11 is 0. The fraction of sp³-hybridized carbons (Fsp3) is 0.346. The Morgan fingerprint density at radius 3 is 2.33 bits per heavy atom. The number of carbonyl (C=O) groups is 1. The number of anilines is 1. The molecule has 4 nitrogen and oxygen atoms in total. The van der Waals surface area contributed by atoms with Crippen LogP contribution in [0.5, 0.6) is 0 Å². The Bertz CT molecular complexity index is 1070. The van der Waals surface area contributed by atoms with Crippen molar-refractivity contribution in [3.05, 3.63) is 77.9 Å². The van der Waals surface area contributed by atoms with Crippen LogP contribution >= 0.6 is 0 Å². The molecule has 0 spiro atoms. The van der Waals surface area contributed by atoms with Crippen LogP contribution in [0.25, 0.3) is 10.8 Å². The van der Waals surface area contributed by atoms with Crippen LogP contribution in [-0.4, -0.2) is 42.0 Å². The van der Waals surface area contributed by atoms with E-state index in [9.17, 15) is 18.0 Å². The van der Waals surface area contributed by atoms with Gasteiger partial charge in [-0.15, -0.1) is 0 Å². The average molecular weight is 456 g/mol. The van der Waals surface area contributed by atoms with Gasteiger partial charge in [-0.1, -0.05) is 55.0 Å². The van der Waals surface area contributed by atoms with Crippen molar-refractivity contribution >= 4 is 22.5 Å². The molecule has 2 amide bonds. The number of likely N-dealkylation sites (tertiary alicyclic amines) is 1. The Morgan fingerprint density at radius 1 is 0.909 bits per heavy atom. The molecule has 3 aromatic rings. The lowest BCUT2D eigenvalue weighted by atomic mass is 10.1. The van der Waals surface area contributed by atoms with Crippen LogP contribution in [0, 0.1) is 0 Å². The number of carbonyl (C=O) groups excluding carboxylic acids is 1. The van der Waals surface area contributed by atoms with Gasteiger partial charge in [0.2, 0.25) is 0 Å². The van der Waals surface area contributed by atoms with E-state index in [0.29, 0.717) is 17.8 Å². The molecule has 1 saturated heterocycles. The van der Waals surface area contributed by atoms with E-state index < -0.39 is 11.7 Å². The number of urea groups is 1. The number of piperidine rings is 1. The second-order valence-corrected chi connectivity index (χ2v) is 8.48. The third kappa shape index (κ3) is 6.05. The van der Waals surface area contributed by atoms with Gasteiger partial charge in [0, 0.05) is 25.0 Å². The molecule has 3 aromatic carbocycles. The first-order chi connectivity index (χ1) is 15.9. The highest BCUT2D eigenvalue weighted by atomic mass is 19.4. The van der Waals surface area contributed by atoms with Crippen molar-refractivity contribution in [3.63, 3.8) is 0 Å². The summed E-state index contributed by atoms with van der Waals surface area (Å²) in [5.74, 6) is 0. The van der Waals surface area contributed by atoms with Gasteiger partial charge in [0.1, 0.15) is 0 Å². The maximum atomic E-state index is 13.3. The molecule has 1 heterocycles. The predicted octanol–water partition coefficient (Wildman–Crippen LogP) is 6.38. The van der Waals surface area contributed by atoms with Crippen LogP contribution in [0.15, 0.2) is 66.7 Å². The smallest absolute Gasteiger partial charge is 0.319 e. The van der Waals surface area contributed by atoms with E-state index >= 15 is 0 Å². The van der Waals surface area contributed by atoms with Crippen molar-refractivity contribution in [2.24, 2.45) is 0 Å². The molecule has 1 aliphatic rings. The number of amides is 2. The van der Waals surface area contributed by atoms with Gasteiger partial charge in [0.15, 0.2) is 0 Å². The van der Waals surface area contributed by atoms with E-state index in [1.165, 1.54) is 18.6 Å². The van der Waals surface area contributed by atoms with E-state index in [1.54, 1.807) is 4.90 Å². The summed E-state index contributed by atoms with van der Waals surface area (Å²) in [6, 6.07) is 18.3. The lowest BCUT2D eigenvalue weighted by Gasteiger charge is -2.30. The number of alkyl halides is 3. The number of hydrogen-bond donors (Lipinski definition) is 1. The zero-order chi connectivity index (χ0) is 23.3. The number of nitrogens with zero attached hydrogens (tertiary/aromatic N) is 2. The first-order valence-corrected chi connectivity index (χ1v) is 11.3. The molecule has 7 heteroatoms. The maximum Gasteiger partial charge on any atom is 0.416 e. The molecule has 0 bridgehead atoms. The Morgan fingerprint density at radius 2 is 1.61 bits per heavy atom. The number of fused-ring (bicyclic) bond motifs is 1. The number of rotatable bonds is 6. The van der Waals surface area contributed by atoms with Crippen LogP contribution in [0.4, 0.5) is 23.7 Å². The van der Waals surface area contributed by atoms with Crippen LogP contribution < -0.4 is 5.32 Å². The molecule has 1 N–H and O–H groups in total. The van der Waals surface area contributed by atoms with Crippen LogP contribution in [-0.2, 0) is 12.7 Å². The number of benzene rings is 3. The number of hydrogen-bond acceptors (Lipinski definition) is 2. The Labute approximate surface area is 192 Å². The number of nitrogens with one attached hydrogen (secondary N) is 1. The monoisotopic (exact) mass is 455 g/mol. The predicted molar refractivity (Wildman–Crippen MR) is 125 cm³/mol. The van der Waals surface area contributed by atoms with Gasteiger partial charge in [-0.25, -0.2) is 4.79 Å². The zero-order valence-electron chi connectivity index (χ0n) is 18.4. The molecule has 33 heavy (non-hydrogen) atoms.